The fourth-order valence-corrected chi connectivity index (χ4v) is 2.79. The van der Waals surface area contributed by atoms with Gasteiger partial charge in [-0.05, 0) is 64.8 Å². The Morgan fingerprint density at radius 2 is 1.68 bits per heavy atom. The van der Waals surface area contributed by atoms with Gasteiger partial charge in [0.05, 0.1) is 12.7 Å². The van der Waals surface area contributed by atoms with Gasteiger partial charge in [-0.15, -0.1) is 0 Å². The number of hydrogen-bond acceptors (Lipinski definition) is 5. The average Bonchev–Trinajstić information content (AvgIpc) is 2.53. The minimum Gasteiger partial charge on any atom is -0.465 e. The van der Waals surface area contributed by atoms with Crippen LogP contribution in [0.3, 0.4) is 0 Å². The summed E-state index contributed by atoms with van der Waals surface area (Å²) in [4.78, 5) is 25.4. The van der Waals surface area contributed by atoms with Crippen molar-refractivity contribution in [2.75, 3.05) is 25.5 Å². The number of hydrogen-bond donors (Lipinski definition) is 1. The largest absolute Gasteiger partial charge is 0.465 e. The van der Waals surface area contributed by atoms with Crippen molar-refractivity contribution in [1.29, 1.82) is 0 Å². The van der Waals surface area contributed by atoms with Gasteiger partial charge in [0.2, 0.25) is 0 Å². The highest BCUT2D eigenvalue weighted by atomic mass is 16.6. The monoisotopic (exact) mass is 348 g/mol. The van der Waals surface area contributed by atoms with Crippen LogP contribution in [0.15, 0.2) is 24.3 Å². The van der Waals surface area contributed by atoms with Gasteiger partial charge in [-0.25, -0.2) is 9.59 Å². The van der Waals surface area contributed by atoms with E-state index in [9.17, 15) is 9.59 Å². The summed E-state index contributed by atoms with van der Waals surface area (Å²) in [5.74, 6) is -0.344. The quantitative estimate of drug-likeness (QED) is 0.844. The second-order valence-electron chi connectivity index (χ2n) is 7.72. The maximum absolute atomic E-state index is 12.2. The summed E-state index contributed by atoms with van der Waals surface area (Å²) >= 11 is 0. The molecule has 0 unspecified atom stereocenters. The number of anilines is 1. The smallest absolute Gasteiger partial charge is 0.410 e. The lowest BCUT2D eigenvalue weighted by Gasteiger charge is -2.40. The van der Waals surface area contributed by atoms with Crippen LogP contribution in [0.5, 0.6) is 0 Å². The predicted octanol–water partition coefficient (Wildman–Crippen LogP) is 3.67. The average molecular weight is 348 g/mol. The number of carbonyl (C=O) groups excluding carboxylic acids is 2. The van der Waals surface area contributed by atoms with E-state index in [1.807, 2.05) is 32.9 Å². The van der Waals surface area contributed by atoms with Crippen LogP contribution in [0.25, 0.3) is 0 Å². The van der Waals surface area contributed by atoms with Crippen molar-refractivity contribution in [2.24, 2.45) is 0 Å². The molecule has 1 fully saturated rings. The van der Waals surface area contributed by atoms with Crippen LogP contribution in [0, 0.1) is 0 Å². The van der Waals surface area contributed by atoms with Crippen molar-refractivity contribution in [3.8, 4) is 0 Å². The van der Waals surface area contributed by atoms with Gasteiger partial charge in [-0.1, -0.05) is 0 Å². The lowest BCUT2D eigenvalue weighted by molar-refractivity contribution is 0.0184. The Morgan fingerprint density at radius 3 is 2.16 bits per heavy atom. The van der Waals surface area contributed by atoms with Crippen LogP contribution in [-0.4, -0.2) is 48.3 Å². The molecule has 1 saturated heterocycles. The molecule has 0 bridgehead atoms. The van der Waals surface area contributed by atoms with Crippen LogP contribution in [0.2, 0.25) is 0 Å². The Kier molecular flexibility index (Phi) is 5.60. The van der Waals surface area contributed by atoms with Crippen molar-refractivity contribution in [1.82, 2.24) is 4.90 Å². The lowest BCUT2D eigenvalue weighted by Crippen LogP contribution is -2.50. The van der Waals surface area contributed by atoms with Gasteiger partial charge in [0.15, 0.2) is 0 Å². The summed E-state index contributed by atoms with van der Waals surface area (Å²) in [7, 11) is 1.37. The minimum atomic E-state index is -0.475. The summed E-state index contributed by atoms with van der Waals surface area (Å²) in [5, 5.41) is 3.52. The molecule has 1 amide bonds. The van der Waals surface area contributed by atoms with Crippen LogP contribution in [0.4, 0.5) is 10.5 Å². The molecule has 25 heavy (non-hydrogen) atoms. The van der Waals surface area contributed by atoms with Crippen molar-refractivity contribution >= 4 is 17.7 Å². The summed E-state index contributed by atoms with van der Waals surface area (Å²) in [6.45, 7) is 9.07. The standard InChI is InChI=1S/C19H28N2O4/c1-18(2,3)25-17(23)21-12-10-19(4,11-13-21)20-15-8-6-14(7-9-15)16(22)24-5/h6-9,20H,10-13H2,1-5H3. The van der Waals surface area contributed by atoms with Gasteiger partial charge >= 0.3 is 12.1 Å². The van der Waals surface area contributed by atoms with Gasteiger partial charge in [-0.2, -0.15) is 0 Å². The third-order valence-electron chi connectivity index (χ3n) is 4.27. The second-order valence-corrected chi connectivity index (χ2v) is 7.72. The van der Waals surface area contributed by atoms with Gasteiger partial charge in [0.25, 0.3) is 0 Å². The van der Waals surface area contributed by atoms with Gasteiger partial charge in [-0.3, -0.25) is 0 Å². The molecule has 1 aromatic rings. The molecule has 1 heterocycles. The molecule has 0 atom stereocenters. The Balaban J connectivity index is 1.92. The highest BCUT2D eigenvalue weighted by Crippen LogP contribution is 2.27. The van der Waals surface area contributed by atoms with E-state index >= 15 is 0 Å². The fraction of sp³-hybridized carbons (Fsp3) is 0.579. The van der Waals surface area contributed by atoms with Crippen molar-refractivity contribution in [3.05, 3.63) is 29.8 Å². The number of esters is 1. The lowest BCUT2D eigenvalue weighted by atomic mass is 9.89. The van der Waals surface area contributed by atoms with E-state index in [1.54, 1.807) is 17.0 Å². The molecule has 1 N–H and O–H groups in total. The van der Waals surface area contributed by atoms with Crippen LogP contribution in [-0.2, 0) is 9.47 Å². The number of nitrogens with one attached hydrogen (secondary N) is 1. The van der Waals surface area contributed by atoms with E-state index in [0.29, 0.717) is 18.7 Å². The third-order valence-corrected chi connectivity index (χ3v) is 4.27. The molecule has 2 rings (SSSR count). The van der Waals surface area contributed by atoms with E-state index in [1.165, 1.54) is 7.11 Å². The van der Waals surface area contributed by atoms with E-state index in [2.05, 4.69) is 12.2 Å². The SMILES string of the molecule is COC(=O)c1ccc(NC2(C)CCN(C(=O)OC(C)(C)C)CC2)cc1. The molecule has 0 spiro atoms. The second kappa shape index (κ2) is 7.33. The summed E-state index contributed by atoms with van der Waals surface area (Å²) < 4.78 is 10.1. The Hall–Kier alpha value is -2.24. The molecule has 1 aliphatic heterocycles. The molecule has 0 aromatic heterocycles. The zero-order valence-corrected chi connectivity index (χ0v) is 15.7. The van der Waals surface area contributed by atoms with E-state index in [4.69, 9.17) is 9.47 Å². The highest BCUT2D eigenvalue weighted by molar-refractivity contribution is 5.89. The van der Waals surface area contributed by atoms with Crippen molar-refractivity contribution < 1.29 is 19.1 Å². The number of benzene rings is 1. The maximum atomic E-state index is 12.2. The number of ether oxygens (including phenoxy) is 2. The summed E-state index contributed by atoms with van der Waals surface area (Å²) in [6.07, 6.45) is 1.40. The molecule has 6 nitrogen and oxygen atoms in total. The van der Waals surface area contributed by atoms with Gasteiger partial charge < -0.3 is 19.7 Å². The highest BCUT2D eigenvalue weighted by Gasteiger charge is 2.33. The van der Waals surface area contributed by atoms with Crippen molar-refractivity contribution in [2.45, 2.75) is 51.7 Å². The number of amides is 1. The molecular weight excluding hydrogens is 320 g/mol. The molecule has 1 aliphatic rings. The molecule has 0 saturated carbocycles. The first-order valence-electron chi connectivity index (χ1n) is 8.56. The fourth-order valence-electron chi connectivity index (χ4n) is 2.79. The molecular formula is C19H28N2O4. The van der Waals surface area contributed by atoms with E-state index < -0.39 is 5.60 Å². The number of carbonyl (C=O) groups is 2. The number of likely N-dealkylation sites (tertiary alicyclic amines) is 1. The summed E-state index contributed by atoms with van der Waals surface area (Å²) in [6, 6.07) is 7.23. The minimum absolute atomic E-state index is 0.106. The van der Waals surface area contributed by atoms with E-state index in [-0.39, 0.29) is 17.6 Å². The first-order chi connectivity index (χ1) is 11.6. The maximum Gasteiger partial charge on any atom is 0.410 e. The van der Waals surface area contributed by atoms with Crippen LogP contribution >= 0.6 is 0 Å². The summed E-state index contributed by atoms with van der Waals surface area (Å²) in [5.41, 5.74) is 0.891. The number of nitrogens with zero attached hydrogens (tertiary/aromatic N) is 1. The zero-order valence-electron chi connectivity index (χ0n) is 15.7. The number of methoxy groups -OCH3 is 1. The van der Waals surface area contributed by atoms with Crippen LogP contribution < -0.4 is 5.32 Å². The molecule has 138 valence electrons. The van der Waals surface area contributed by atoms with E-state index in [0.717, 1.165) is 18.5 Å². The van der Waals surface area contributed by atoms with Crippen LogP contribution in [0.1, 0.15) is 50.9 Å². The predicted molar refractivity (Wildman–Crippen MR) is 96.9 cm³/mol. The first-order valence-corrected chi connectivity index (χ1v) is 8.56. The zero-order chi connectivity index (χ0) is 18.7. The third kappa shape index (κ3) is 5.37. The van der Waals surface area contributed by atoms with Crippen molar-refractivity contribution in [3.63, 3.8) is 0 Å². The Morgan fingerprint density at radius 1 is 1.12 bits per heavy atom. The van der Waals surface area contributed by atoms with Gasteiger partial charge in [0, 0.05) is 24.3 Å². The first kappa shape index (κ1) is 19.1. The molecule has 6 heteroatoms. The Bertz CT molecular complexity index is 611. The normalized spacial score (nSPS) is 16.9. The topological polar surface area (TPSA) is 67.9 Å². The molecule has 1 aromatic carbocycles. The van der Waals surface area contributed by atoms with Gasteiger partial charge in [0.1, 0.15) is 5.60 Å². The molecule has 0 radical (unpaired) electrons. The Labute approximate surface area is 149 Å². The number of piperidine rings is 1. The molecule has 0 aliphatic carbocycles. The number of rotatable bonds is 3.